The smallest absolute Gasteiger partial charge is 0.227 e. The predicted molar refractivity (Wildman–Crippen MR) is 74.9 cm³/mol. The Balaban J connectivity index is 4.44. The van der Waals surface area contributed by atoms with Gasteiger partial charge in [-0.15, -0.1) is 0 Å². The fraction of sp³-hybridized carbons (Fsp3) is 0.933. The number of nitrogens with zero attached hydrogens (tertiary/aromatic N) is 1. The summed E-state index contributed by atoms with van der Waals surface area (Å²) in [6, 6.07) is 0. The third kappa shape index (κ3) is 7.40. The molecule has 1 amide bonds. The van der Waals surface area contributed by atoms with Gasteiger partial charge in [0.1, 0.15) is 0 Å². The predicted octanol–water partition coefficient (Wildman–Crippen LogP) is 3.95. The molecule has 0 rings (SSSR count). The van der Waals surface area contributed by atoms with Gasteiger partial charge < -0.3 is 4.90 Å². The van der Waals surface area contributed by atoms with Crippen LogP contribution in [0.5, 0.6) is 0 Å². The highest BCUT2D eigenvalue weighted by Gasteiger charge is 2.26. The molecular formula is C15H31NO. The first kappa shape index (κ1) is 16.5. The van der Waals surface area contributed by atoms with Gasteiger partial charge >= 0.3 is 0 Å². The molecule has 0 N–H and O–H groups in total. The van der Waals surface area contributed by atoms with Crippen LogP contribution in [-0.2, 0) is 4.79 Å². The Kier molecular flexibility index (Phi) is 6.81. The summed E-state index contributed by atoms with van der Waals surface area (Å²) in [4.78, 5) is 14.4. The van der Waals surface area contributed by atoms with Gasteiger partial charge in [0, 0.05) is 18.5 Å². The molecule has 0 fully saturated rings. The Hall–Kier alpha value is -0.530. The highest BCUT2D eigenvalue weighted by atomic mass is 16.2. The van der Waals surface area contributed by atoms with Gasteiger partial charge in [-0.25, -0.2) is 0 Å². The van der Waals surface area contributed by atoms with Crippen molar-refractivity contribution in [1.82, 2.24) is 4.90 Å². The van der Waals surface area contributed by atoms with Crippen molar-refractivity contribution in [3.8, 4) is 0 Å². The van der Waals surface area contributed by atoms with E-state index in [-0.39, 0.29) is 5.41 Å². The van der Waals surface area contributed by atoms with Crippen LogP contribution < -0.4 is 0 Å². The highest BCUT2D eigenvalue weighted by molar-refractivity contribution is 5.81. The molecular weight excluding hydrogens is 210 g/mol. The van der Waals surface area contributed by atoms with E-state index in [1.54, 1.807) is 0 Å². The molecule has 0 aromatic heterocycles. The summed E-state index contributed by atoms with van der Waals surface area (Å²) in [5.74, 6) is 1.60. The van der Waals surface area contributed by atoms with E-state index < -0.39 is 0 Å². The minimum Gasteiger partial charge on any atom is -0.342 e. The van der Waals surface area contributed by atoms with Crippen LogP contribution in [0.2, 0.25) is 0 Å². The molecule has 2 nitrogen and oxygen atoms in total. The van der Waals surface area contributed by atoms with Crippen molar-refractivity contribution in [2.45, 2.75) is 61.3 Å². The van der Waals surface area contributed by atoms with Gasteiger partial charge in [0.05, 0.1) is 0 Å². The minimum atomic E-state index is -0.256. The Bertz CT molecular complexity index is 214. The zero-order valence-electron chi connectivity index (χ0n) is 12.8. The molecule has 0 aromatic carbocycles. The molecule has 0 bridgehead atoms. The van der Waals surface area contributed by atoms with Crippen LogP contribution in [-0.4, -0.2) is 23.9 Å². The number of carbonyl (C=O) groups is 1. The summed E-state index contributed by atoms with van der Waals surface area (Å²) in [5.41, 5.74) is -0.256. The van der Waals surface area contributed by atoms with E-state index in [0.717, 1.165) is 25.9 Å². The first-order valence-corrected chi connectivity index (χ1v) is 6.94. The number of carbonyl (C=O) groups excluding carboxylic acids is 1. The molecule has 0 spiro atoms. The van der Waals surface area contributed by atoms with Crippen molar-refractivity contribution >= 4 is 5.91 Å². The molecule has 0 saturated carbocycles. The maximum atomic E-state index is 12.3. The summed E-state index contributed by atoms with van der Waals surface area (Å²) in [5, 5.41) is 0. The van der Waals surface area contributed by atoms with Crippen molar-refractivity contribution in [2.24, 2.45) is 17.3 Å². The molecule has 0 aliphatic carbocycles. The van der Waals surface area contributed by atoms with E-state index in [9.17, 15) is 4.79 Å². The first-order valence-electron chi connectivity index (χ1n) is 6.94. The van der Waals surface area contributed by atoms with E-state index in [1.165, 1.54) is 0 Å². The molecule has 0 heterocycles. The molecule has 2 heteroatoms. The third-order valence-corrected chi connectivity index (χ3v) is 2.88. The van der Waals surface area contributed by atoms with Crippen molar-refractivity contribution < 1.29 is 4.79 Å². The summed E-state index contributed by atoms with van der Waals surface area (Å²) in [6.07, 6.45) is 2.19. The van der Waals surface area contributed by atoms with Crippen molar-refractivity contribution in [1.29, 1.82) is 0 Å². The molecule has 0 aliphatic heterocycles. The van der Waals surface area contributed by atoms with E-state index in [4.69, 9.17) is 0 Å². The maximum Gasteiger partial charge on any atom is 0.227 e. The van der Waals surface area contributed by atoms with Gasteiger partial charge in [0.15, 0.2) is 0 Å². The number of rotatable bonds is 6. The van der Waals surface area contributed by atoms with Crippen molar-refractivity contribution in [3.63, 3.8) is 0 Å². The molecule has 102 valence electrons. The molecule has 17 heavy (non-hydrogen) atoms. The fourth-order valence-electron chi connectivity index (χ4n) is 1.62. The van der Waals surface area contributed by atoms with Crippen LogP contribution in [0.3, 0.4) is 0 Å². The second kappa shape index (κ2) is 7.03. The molecule has 0 atom stereocenters. The SMILES string of the molecule is CC(C)CCN(CCC(C)C)C(=O)C(C)(C)C. The Labute approximate surface area is 108 Å². The van der Waals surface area contributed by atoms with Gasteiger partial charge in [-0.3, -0.25) is 4.79 Å². The largest absolute Gasteiger partial charge is 0.342 e. The van der Waals surface area contributed by atoms with Crippen LogP contribution >= 0.6 is 0 Å². The number of hydrogen-bond donors (Lipinski definition) is 0. The monoisotopic (exact) mass is 241 g/mol. The van der Waals surface area contributed by atoms with Crippen molar-refractivity contribution in [2.75, 3.05) is 13.1 Å². The van der Waals surface area contributed by atoms with Crippen molar-refractivity contribution in [3.05, 3.63) is 0 Å². The summed E-state index contributed by atoms with van der Waals surface area (Å²) in [7, 11) is 0. The minimum absolute atomic E-state index is 0.256. The summed E-state index contributed by atoms with van der Waals surface area (Å²) in [6.45, 7) is 16.7. The Morgan fingerprint density at radius 1 is 0.941 bits per heavy atom. The van der Waals surface area contributed by atoms with Crippen LogP contribution in [0, 0.1) is 17.3 Å². The van der Waals surface area contributed by atoms with E-state index in [0.29, 0.717) is 17.7 Å². The highest BCUT2D eigenvalue weighted by Crippen LogP contribution is 2.19. The second-order valence-electron chi connectivity index (χ2n) is 6.91. The molecule has 0 aliphatic rings. The number of hydrogen-bond acceptors (Lipinski definition) is 1. The van der Waals surface area contributed by atoms with Gasteiger partial charge in [-0.2, -0.15) is 0 Å². The van der Waals surface area contributed by atoms with Gasteiger partial charge in [-0.1, -0.05) is 48.5 Å². The first-order chi connectivity index (χ1) is 7.64. The van der Waals surface area contributed by atoms with E-state index in [2.05, 4.69) is 32.6 Å². The van der Waals surface area contributed by atoms with Crippen LogP contribution in [0.15, 0.2) is 0 Å². The van der Waals surface area contributed by atoms with E-state index >= 15 is 0 Å². The molecule has 0 unspecified atom stereocenters. The van der Waals surface area contributed by atoms with Crippen LogP contribution in [0.25, 0.3) is 0 Å². The lowest BCUT2D eigenvalue weighted by Gasteiger charge is -2.30. The molecule has 0 radical (unpaired) electrons. The van der Waals surface area contributed by atoms with Gasteiger partial charge in [-0.05, 0) is 24.7 Å². The summed E-state index contributed by atoms with van der Waals surface area (Å²) < 4.78 is 0. The summed E-state index contributed by atoms with van der Waals surface area (Å²) >= 11 is 0. The quantitative estimate of drug-likeness (QED) is 0.689. The topological polar surface area (TPSA) is 20.3 Å². The third-order valence-electron chi connectivity index (χ3n) is 2.88. The average Bonchev–Trinajstić information content (AvgIpc) is 2.14. The standard InChI is InChI=1S/C15H31NO/c1-12(2)8-10-16(11-9-13(3)4)14(17)15(5,6)7/h12-13H,8-11H2,1-7H3. The maximum absolute atomic E-state index is 12.3. The van der Waals surface area contributed by atoms with E-state index in [1.807, 2.05) is 20.8 Å². The lowest BCUT2D eigenvalue weighted by atomic mass is 9.94. The zero-order valence-corrected chi connectivity index (χ0v) is 12.8. The van der Waals surface area contributed by atoms with Gasteiger partial charge in [0.2, 0.25) is 5.91 Å². The second-order valence-corrected chi connectivity index (χ2v) is 6.91. The van der Waals surface area contributed by atoms with Gasteiger partial charge in [0.25, 0.3) is 0 Å². The normalized spacial score (nSPS) is 12.3. The lowest BCUT2D eigenvalue weighted by molar-refractivity contribution is -0.139. The molecule has 0 saturated heterocycles. The Morgan fingerprint density at radius 2 is 1.29 bits per heavy atom. The number of amides is 1. The van der Waals surface area contributed by atoms with Crippen LogP contribution in [0.4, 0.5) is 0 Å². The van der Waals surface area contributed by atoms with Crippen LogP contribution in [0.1, 0.15) is 61.3 Å². The zero-order chi connectivity index (χ0) is 13.6. The Morgan fingerprint density at radius 3 is 1.53 bits per heavy atom. The fourth-order valence-corrected chi connectivity index (χ4v) is 1.62. The lowest BCUT2D eigenvalue weighted by Crippen LogP contribution is -2.41. The average molecular weight is 241 g/mol. The molecule has 0 aromatic rings.